The van der Waals surface area contributed by atoms with Crippen LogP contribution in [-0.4, -0.2) is 12.2 Å². The SMILES string of the molecule is CC.N=C=O.N=C=O. The summed E-state index contributed by atoms with van der Waals surface area (Å²) in [5.41, 5.74) is 0. The quantitative estimate of drug-likeness (QED) is 0.363. The van der Waals surface area contributed by atoms with E-state index in [0.29, 0.717) is 0 Å². The van der Waals surface area contributed by atoms with E-state index in [9.17, 15) is 0 Å². The molecule has 46 valence electrons. The molecule has 0 amide bonds. The molecule has 0 saturated heterocycles. The van der Waals surface area contributed by atoms with Gasteiger partial charge in [-0.2, -0.15) is 0 Å². The fraction of sp³-hybridized carbons (Fsp3) is 0.500. The summed E-state index contributed by atoms with van der Waals surface area (Å²) in [4.78, 5) is 16.7. The first-order chi connectivity index (χ1) is 3.83. The van der Waals surface area contributed by atoms with Gasteiger partial charge in [0.2, 0.25) is 12.2 Å². The maximum atomic E-state index is 8.35. The van der Waals surface area contributed by atoms with Gasteiger partial charge in [-0.1, -0.05) is 13.8 Å². The van der Waals surface area contributed by atoms with Crippen LogP contribution in [0.15, 0.2) is 0 Å². The molecule has 8 heavy (non-hydrogen) atoms. The molecule has 0 atom stereocenters. The molecule has 0 saturated carbocycles. The van der Waals surface area contributed by atoms with E-state index in [-0.39, 0.29) is 0 Å². The molecule has 2 N–H and O–H groups in total. The van der Waals surface area contributed by atoms with Gasteiger partial charge in [-0.15, -0.1) is 0 Å². The lowest BCUT2D eigenvalue weighted by atomic mass is 11.0. The zero-order valence-corrected chi connectivity index (χ0v) is 4.82. The van der Waals surface area contributed by atoms with Gasteiger partial charge in [-0.25, -0.2) is 20.4 Å². The number of isocyanates is 2. The Bertz CT molecular complexity index is 66.0. The molecule has 0 bridgehead atoms. The first kappa shape index (κ1) is 15.9. The fourth-order valence-corrected chi connectivity index (χ4v) is 0. The Morgan fingerprint density at radius 3 is 1.00 bits per heavy atom. The maximum Gasteiger partial charge on any atom is 0.231 e. The predicted octanol–water partition coefficient (Wildman–Crippen LogP) is 0.828. The summed E-state index contributed by atoms with van der Waals surface area (Å²) < 4.78 is 0. The Morgan fingerprint density at radius 2 is 1.00 bits per heavy atom. The summed E-state index contributed by atoms with van der Waals surface area (Å²) in [5.74, 6) is 0. The molecule has 0 aliphatic heterocycles. The van der Waals surface area contributed by atoms with E-state index in [2.05, 4.69) is 0 Å². The average molecular weight is 116 g/mol. The van der Waals surface area contributed by atoms with E-state index in [1.54, 1.807) is 0 Å². The van der Waals surface area contributed by atoms with Crippen molar-refractivity contribution in [3.63, 3.8) is 0 Å². The van der Waals surface area contributed by atoms with Gasteiger partial charge in [-0.3, -0.25) is 0 Å². The van der Waals surface area contributed by atoms with Gasteiger partial charge < -0.3 is 0 Å². The summed E-state index contributed by atoms with van der Waals surface area (Å²) >= 11 is 0. The van der Waals surface area contributed by atoms with Crippen LogP contribution in [0.3, 0.4) is 0 Å². The zero-order chi connectivity index (χ0) is 7.41. The maximum absolute atomic E-state index is 8.35. The molecule has 0 aromatic heterocycles. The number of hydrogen-bond acceptors (Lipinski definition) is 4. The average Bonchev–Trinajstić information content (AvgIpc) is 1.75. The van der Waals surface area contributed by atoms with E-state index in [1.807, 2.05) is 13.8 Å². The van der Waals surface area contributed by atoms with Crippen molar-refractivity contribution < 1.29 is 9.59 Å². The molecule has 4 heteroatoms. The van der Waals surface area contributed by atoms with Crippen LogP contribution in [0.25, 0.3) is 0 Å². The normalized spacial score (nSPS) is 2.75. The second kappa shape index (κ2) is 226. The van der Waals surface area contributed by atoms with Crippen LogP contribution in [0.1, 0.15) is 13.8 Å². The fourth-order valence-electron chi connectivity index (χ4n) is 0. The molecular weight excluding hydrogens is 108 g/mol. The van der Waals surface area contributed by atoms with E-state index >= 15 is 0 Å². The van der Waals surface area contributed by atoms with Crippen molar-refractivity contribution in [2.75, 3.05) is 0 Å². The van der Waals surface area contributed by atoms with Crippen LogP contribution >= 0.6 is 0 Å². The molecule has 0 heterocycles. The summed E-state index contributed by atoms with van der Waals surface area (Å²) in [7, 11) is 0. The van der Waals surface area contributed by atoms with Crippen molar-refractivity contribution in [3.05, 3.63) is 0 Å². The molecule has 0 aromatic carbocycles. The van der Waals surface area contributed by atoms with E-state index in [4.69, 9.17) is 20.4 Å². The largest absolute Gasteiger partial charge is 0.231 e. The second-order valence-electron chi connectivity index (χ2n) is 0.204. The van der Waals surface area contributed by atoms with Crippen LogP contribution in [0.2, 0.25) is 0 Å². The van der Waals surface area contributed by atoms with Crippen molar-refractivity contribution in [2.24, 2.45) is 0 Å². The Labute approximate surface area is 47.5 Å². The standard InChI is InChI=1S/C2H6.2CHNO/c1-2;2*2-1-3/h1-2H3;2*2H. The van der Waals surface area contributed by atoms with Crippen molar-refractivity contribution in [3.8, 4) is 0 Å². The minimum Gasteiger partial charge on any atom is -0.222 e. The zero-order valence-electron chi connectivity index (χ0n) is 4.82. The molecular formula is C4H8N2O2. The van der Waals surface area contributed by atoms with Crippen LogP contribution in [0.4, 0.5) is 0 Å². The highest BCUT2D eigenvalue weighted by Gasteiger charge is 1.04. The molecule has 0 unspecified atom stereocenters. The minimum absolute atomic E-state index is 0.750. The van der Waals surface area contributed by atoms with Crippen LogP contribution in [-0.2, 0) is 9.59 Å². The Kier molecular flexibility index (Phi) is 448. The topological polar surface area (TPSA) is 81.8 Å². The minimum atomic E-state index is 0.750. The molecule has 0 aliphatic rings. The third-order valence-electron chi connectivity index (χ3n) is 0. The molecule has 0 radical (unpaired) electrons. The number of carbonyl (C=O) groups excluding carboxylic acids is 2. The van der Waals surface area contributed by atoms with Gasteiger partial charge in [0.15, 0.2) is 0 Å². The van der Waals surface area contributed by atoms with Crippen molar-refractivity contribution in [1.82, 2.24) is 0 Å². The van der Waals surface area contributed by atoms with Gasteiger partial charge >= 0.3 is 0 Å². The number of nitrogens with one attached hydrogen (secondary N) is 2. The highest BCUT2D eigenvalue weighted by atomic mass is 16.1. The summed E-state index contributed by atoms with van der Waals surface area (Å²) in [6.45, 7) is 4.00. The van der Waals surface area contributed by atoms with Gasteiger partial charge in [0.1, 0.15) is 0 Å². The molecule has 0 spiro atoms. The number of rotatable bonds is 0. The van der Waals surface area contributed by atoms with E-state index in [0.717, 1.165) is 12.2 Å². The van der Waals surface area contributed by atoms with E-state index < -0.39 is 0 Å². The monoisotopic (exact) mass is 116 g/mol. The summed E-state index contributed by atoms with van der Waals surface area (Å²) in [6, 6.07) is 0. The third-order valence-corrected chi connectivity index (χ3v) is 0. The van der Waals surface area contributed by atoms with Gasteiger partial charge in [0, 0.05) is 0 Å². The highest BCUT2D eigenvalue weighted by molar-refractivity contribution is 5.26. The Morgan fingerprint density at radius 1 is 1.00 bits per heavy atom. The molecule has 0 aromatic rings. The molecule has 0 fully saturated rings. The van der Waals surface area contributed by atoms with Crippen molar-refractivity contribution in [2.45, 2.75) is 13.8 Å². The van der Waals surface area contributed by atoms with Gasteiger partial charge in [0.05, 0.1) is 0 Å². The number of hydrogen-bond donors (Lipinski definition) is 2. The summed E-state index contributed by atoms with van der Waals surface area (Å²) in [5, 5.41) is 10.8. The first-order valence-corrected chi connectivity index (χ1v) is 1.91. The van der Waals surface area contributed by atoms with Crippen LogP contribution in [0.5, 0.6) is 0 Å². The third kappa shape index (κ3) is 43.8. The summed E-state index contributed by atoms with van der Waals surface area (Å²) in [6.07, 6.45) is 1.50. The molecule has 4 nitrogen and oxygen atoms in total. The van der Waals surface area contributed by atoms with Gasteiger partial charge in [-0.05, 0) is 0 Å². The Hall–Kier alpha value is -1.24. The van der Waals surface area contributed by atoms with Gasteiger partial charge in [0.25, 0.3) is 0 Å². The van der Waals surface area contributed by atoms with Crippen molar-refractivity contribution in [1.29, 1.82) is 10.8 Å². The van der Waals surface area contributed by atoms with E-state index in [1.165, 1.54) is 0 Å². The smallest absolute Gasteiger partial charge is 0.222 e. The first-order valence-electron chi connectivity index (χ1n) is 1.91. The molecule has 0 aliphatic carbocycles. The van der Waals surface area contributed by atoms with Crippen LogP contribution in [0, 0.1) is 10.8 Å². The second-order valence-corrected chi connectivity index (χ2v) is 0.204. The predicted molar refractivity (Wildman–Crippen MR) is 28.2 cm³/mol. The highest BCUT2D eigenvalue weighted by Crippen LogP contribution is 1.14. The lowest BCUT2D eigenvalue weighted by Crippen LogP contribution is -1.16. The molecule has 0 rings (SSSR count). The Balaban J connectivity index is -0.0000000483. The lowest BCUT2D eigenvalue weighted by molar-refractivity contribution is 0.562. The van der Waals surface area contributed by atoms with Crippen molar-refractivity contribution >= 4 is 12.2 Å². The van der Waals surface area contributed by atoms with Crippen LogP contribution < -0.4 is 0 Å². The lowest BCUT2D eigenvalue weighted by Gasteiger charge is -1.07.